The van der Waals surface area contributed by atoms with Gasteiger partial charge in [0.25, 0.3) is 10.1 Å². The molecule has 0 aromatic heterocycles. The van der Waals surface area contributed by atoms with E-state index in [9.17, 15) is 13.0 Å². The molecule has 0 spiro atoms. The zero-order valence-electron chi connectivity index (χ0n) is 21.7. The van der Waals surface area contributed by atoms with Crippen molar-refractivity contribution in [3.63, 3.8) is 0 Å². The maximum atomic E-state index is 12.9. The molecule has 3 nitrogen and oxygen atoms in total. The molecule has 0 saturated heterocycles. The Hall–Kier alpha value is -0.870. The van der Waals surface area contributed by atoms with Crippen molar-refractivity contribution in [2.24, 2.45) is 0 Å². The van der Waals surface area contributed by atoms with Crippen LogP contribution in [0.4, 0.5) is 0 Å². The summed E-state index contributed by atoms with van der Waals surface area (Å²) in [6.07, 6.45) is 17.4. The van der Waals surface area contributed by atoms with Crippen molar-refractivity contribution in [1.82, 2.24) is 0 Å². The van der Waals surface area contributed by atoms with E-state index in [4.69, 9.17) is 0 Å². The Labute approximate surface area is 199 Å². The highest BCUT2D eigenvalue weighted by atomic mass is 32.2. The first-order valence-electron chi connectivity index (χ1n) is 13.5. The molecule has 1 aromatic rings. The topological polar surface area (TPSA) is 54.4 Å². The molecule has 0 amide bonds. The summed E-state index contributed by atoms with van der Waals surface area (Å²) >= 11 is 0. The summed E-state index contributed by atoms with van der Waals surface area (Å²) in [6.45, 7) is 11.0. The van der Waals surface area contributed by atoms with Crippen LogP contribution in [0.2, 0.25) is 0 Å². The Bertz CT molecular complexity index is 766. The van der Waals surface area contributed by atoms with Crippen LogP contribution in [0, 0.1) is 0 Å². The van der Waals surface area contributed by atoms with Crippen LogP contribution in [0.1, 0.15) is 139 Å². The Morgan fingerprint density at radius 2 is 0.781 bits per heavy atom. The second-order valence-electron chi connectivity index (χ2n) is 9.42. The maximum Gasteiger partial charge on any atom is 0.295 e. The van der Waals surface area contributed by atoms with E-state index >= 15 is 0 Å². The van der Waals surface area contributed by atoms with Crippen molar-refractivity contribution >= 4 is 10.1 Å². The molecule has 0 radical (unpaired) electrons. The molecule has 0 bridgehead atoms. The van der Waals surface area contributed by atoms with Gasteiger partial charge in [0.1, 0.15) is 4.90 Å². The smallest absolute Gasteiger partial charge is 0.282 e. The molecule has 1 N–H and O–H groups in total. The van der Waals surface area contributed by atoms with Crippen LogP contribution in [0.3, 0.4) is 0 Å². The van der Waals surface area contributed by atoms with E-state index in [1.165, 1.54) is 23.1 Å². The lowest BCUT2D eigenvalue weighted by Gasteiger charge is -2.26. The number of benzene rings is 1. The summed E-state index contributed by atoms with van der Waals surface area (Å²) in [4.78, 5) is 0.292. The van der Waals surface area contributed by atoms with Gasteiger partial charge in [-0.1, -0.05) is 79.6 Å². The van der Waals surface area contributed by atoms with Gasteiger partial charge in [-0.05, 0) is 92.0 Å². The molecule has 0 aliphatic carbocycles. The second kappa shape index (κ2) is 15.9. The molecule has 0 heterocycles. The van der Waals surface area contributed by atoms with E-state index in [1.807, 2.05) is 0 Å². The minimum Gasteiger partial charge on any atom is -0.282 e. The molecule has 1 rings (SSSR count). The number of unbranched alkanes of at least 4 members (excludes halogenated alkanes) is 7. The van der Waals surface area contributed by atoms with Crippen molar-refractivity contribution in [3.05, 3.63) is 27.8 Å². The van der Waals surface area contributed by atoms with Crippen molar-refractivity contribution in [3.8, 4) is 0 Å². The van der Waals surface area contributed by atoms with Crippen LogP contribution in [-0.2, 0) is 42.2 Å². The summed E-state index contributed by atoms with van der Waals surface area (Å²) in [5, 5.41) is 0. The number of hydrogen-bond donors (Lipinski definition) is 1. The summed E-state index contributed by atoms with van der Waals surface area (Å²) in [5.41, 5.74) is 5.84. The Balaban J connectivity index is 3.87. The number of hydrogen-bond acceptors (Lipinski definition) is 2. The lowest BCUT2D eigenvalue weighted by Crippen LogP contribution is -2.18. The standard InChI is InChI=1S/C28H50O3S/c1-6-11-16-17-22-27-25(20-14-9-4)23(18-12-7-2)24(19-13-8-3)26(21-15-10-5)28(27)32(29,30)31/h6-22H2,1-5H3,(H,29,30,31). The fraction of sp³-hybridized carbons (Fsp3) is 0.786. The molecular weight excluding hydrogens is 416 g/mol. The zero-order valence-corrected chi connectivity index (χ0v) is 22.5. The third-order valence-electron chi connectivity index (χ3n) is 6.66. The van der Waals surface area contributed by atoms with Gasteiger partial charge in [0.05, 0.1) is 0 Å². The summed E-state index contributed by atoms with van der Waals surface area (Å²) < 4.78 is 36.2. The van der Waals surface area contributed by atoms with Crippen molar-refractivity contribution in [1.29, 1.82) is 0 Å². The first kappa shape index (κ1) is 29.2. The highest BCUT2D eigenvalue weighted by molar-refractivity contribution is 7.86. The Morgan fingerprint density at radius 3 is 1.12 bits per heavy atom. The van der Waals surface area contributed by atoms with E-state index in [-0.39, 0.29) is 0 Å². The third kappa shape index (κ3) is 8.82. The fourth-order valence-corrected chi connectivity index (χ4v) is 5.96. The molecule has 32 heavy (non-hydrogen) atoms. The summed E-state index contributed by atoms with van der Waals surface area (Å²) in [6, 6.07) is 0. The van der Waals surface area contributed by atoms with E-state index in [1.54, 1.807) is 0 Å². The first-order valence-corrected chi connectivity index (χ1v) is 15.0. The fourth-order valence-electron chi connectivity index (χ4n) is 4.89. The number of rotatable bonds is 18. The maximum absolute atomic E-state index is 12.9. The monoisotopic (exact) mass is 466 g/mol. The second-order valence-corrected chi connectivity index (χ2v) is 10.8. The zero-order chi connectivity index (χ0) is 24.0. The molecule has 4 heteroatoms. The lowest BCUT2D eigenvalue weighted by molar-refractivity contribution is 0.479. The van der Waals surface area contributed by atoms with Crippen LogP contribution < -0.4 is 0 Å². The molecule has 0 unspecified atom stereocenters. The molecule has 0 saturated carbocycles. The van der Waals surface area contributed by atoms with Crippen LogP contribution >= 0.6 is 0 Å². The molecule has 186 valence electrons. The van der Waals surface area contributed by atoms with Crippen molar-refractivity contribution in [2.45, 2.75) is 149 Å². The summed E-state index contributed by atoms with van der Waals surface area (Å²) in [7, 11) is -4.27. The van der Waals surface area contributed by atoms with E-state index < -0.39 is 10.1 Å². The highest BCUT2D eigenvalue weighted by Gasteiger charge is 2.28. The molecule has 0 atom stereocenters. The molecular formula is C28H50O3S. The van der Waals surface area contributed by atoms with Crippen LogP contribution in [0.15, 0.2) is 4.90 Å². The van der Waals surface area contributed by atoms with Gasteiger partial charge in [-0.25, -0.2) is 0 Å². The van der Waals surface area contributed by atoms with Gasteiger partial charge in [-0.2, -0.15) is 8.42 Å². The third-order valence-corrected chi connectivity index (χ3v) is 7.67. The van der Waals surface area contributed by atoms with Crippen LogP contribution in [0.25, 0.3) is 0 Å². The predicted octanol–water partition coefficient (Wildman–Crippen LogP) is 8.43. The molecule has 1 aromatic carbocycles. The largest absolute Gasteiger partial charge is 0.295 e. The highest BCUT2D eigenvalue weighted by Crippen LogP contribution is 2.37. The van der Waals surface area contributed by atoms with Crippen molar-refractivity contribution < 1.29 is 13.0 Å². The minimum atomic E-state index is -4.27. The normalized spacial score (nSPS) is 11.9. The average Bonchev–Trinajstić information content (AvgIpc) is 2.76. The van der Waals surface area contributed by atoms with E-state index in [0.29, 0.717) is 4.90 Å². The van der Waals surface area contributed by atoms with Gasteiger partial charge in [-0.15, -0.1) is 0 Å². The SMILES string of the molecule is CCCCCCc1c(CCCC)c(CCCC)c(CCCC)c(CCCC)c1S(=O)(=O)O. The Kier molecular flexibility index (Phi) is 14.5. The predicted molar refractivity (Wildman–Crippen MR) is 139 cm³/mol. The first-order chi connectivity index (χ1) is 15.4. The summed E-state index contributed by atoms with van der Waals surface area (Å²) in [5.74, 6) is 0. The van der Waals surface area contributed by atoms with Gasteiger partial charge in [0.2, 0.25) is 0 Å². The van der Waals surface area contributed by atoms with Crippen molar-refractivity contribution in [2.75, 3.05) is 0 Å². The van der Waals surface area contributed by atoms with Gasteiger partial charge in [0.15, 0.2) is 0 Å². The average molecular weight is 467 g/mol. The molecule has 0 aliphatic rings. The molecule has 0 fully saturated rings. The van der Waals surface area contributed by atoms with Gasteiger partial charge in [0, 0.05) is 0 Å². The van der Waals surface area contributed by atoms with E-state index in [2.05, 4.69) is 34.6 Å². The van der Waals surface area contributed by atoms with Gasteiger partial charge >= 0.3 is 0 Å². The van der Waals surface area contributed by atoms with Gasteiger partial charge in [-0.3, -0.25) is 4.55 Å². The molecule has 0 aliphatic heterocycles. The Morgan fingerprint density at radius 1 is 0.469 bits per heavy atom. The van der Waals surface area contributed by atoms with Gasteiger partial charge < -0.3 is 0 Å². The minimum absolute atomic E-state index is 0.292. The van der Waals surface area contributed by atoms with Crippen LogP contribution in [-0.4, -0.2) is 13.0 Å². The lowest BCUT2D eigenvalue weighted by atomic mass is 9.82. The quantitative estimate of drug-likeness (QED) is 0.174. The van der Waals surface area contributed by atoms with E-state index in [0.717, 1.165) is 114 Å². The van der Waals surface area contributed by atoms with Crippen LogP contribution in [0.5, 0.6) is 0 Å².